The van der Waals surface area contributed by atoms with Gasteiger partial charge in [-0.05, 0) is 30.7 Å². The van der Waals surface area contributed by atoms with Gasteiger partial charge in [0.05, 0.1) is 20.4 Å². The van der Waals surface area contributed by atoms with Crippen LogP contribution in [0.4, 0.5) is 5.95 Å². The van der Waals surface area contributed by atoms with Gasteiger partial charge in [-0.3, -0.25) is 9.78 Å². The summed E-state index contributed by atoms with van der Waals surface area (Å²) in [4.78, 5) is 17.9. The highest BCUT2D eigenvalue weighted by Crippen LogP contribution is 2.26. The van der Waals surface area contributed by atoms with Gasteiger partial charge >= 0.3 is 0 Å². The molecule has 0 radical (unpaired) electrons. The second kappa shape index (κ2) is 6.56. The van der Waals surface area contributed by atoms with Crippen LogP contribution in [0.2, 0.25) is 0 Å². The van der Waals surface area contributed by atoms with Gasteiger partial charge in [-0.25, -0.2) is 10.4 Å². The summed E-state index contributed by atoms with van der Waals surface area (Å²) in [7, 11) is 3.14. The van der Waals surface area contributed by atoms with E-state index >= 15 is 0 Å². The quantitative estimate of drug-likeness (QED) is 0.643. The number of aryl methyl sites for hydroxylation is 1. The number of aromatic amines is 1. The molecule has 7 heteroatoms. The third kappa shape index (κ3) is 3.82. The Balaban J connectivity index is 2.12. The van der Waals surface area contributed by atoms with Crippen molar-refractivity contribution in [3.05, 3.63) is 45.9 Å². The van der Waals surface area contributed by atoms with Crippen molar-refractivity contribution < 1.29 is 9.47 Å². The predicted molar refractivity (Wildman–Crippen MR) is 80.4 cm³/mol. The number of ether oxygens (including phenoxy) is 2. The summed E-state index contributed by atoms with van der Waals surface area (Å²) < 4.78 is 10.4. The predicted octanol–water partition coefficient (Wildman–Crippen LogP) is 1.54. The Kier molecular flexibility index (Phi) is 4.55. The number of hydrazone groups is 1. The van der Waals surface area contributed by atoms with E-state index < -0.39 is 0 Å². The molecule has 0 fully saturated rings. The number of hydrogen-bond donors (Lipinski definition) is 2. The van der Waals surface area contributed by atoms with Gasteiger partial charge in [-0.2, -0.15) is 5.10 Å². The molecule has 0 aliphatic heterocycles. The SMILES string of the molecule is COc1ccc(C=NNc2nc(C)cc(=O)[nH]2)cc1OC. The molecule has 2 N–H and O–H groups in total. The van der Waals surface area contributed by atoms with Crippen LogP contribution in [0.25, 0.3) is 0 Å². The van der Waals surface area contributed by atoms with E-state index in [9.17, 15) is 4.79 Å². The standard InChI is InChI=1S/C14H16N4O3/c1-9-6-13(19)17-14(16-9)18-15-8-10-4-5-11(20-2)12(7-10)21-3/h4-8H,1-3H3,(H2,16,17,18,19). The molecule has 0 aliphatic rings. The Morgan fingerprint density at radius 1 is 1.24 bits per heavy atom. The zero-order chi connectivity index (χ0) is 15.2. The molecule has 0 aliphatic carbocycles. The number of H-pyrrole nitrogens is 1. The summed E-state index contributed by atoms with van der Waals surface area (Å²) in [5.41, 5.74) is 3.87. The average Bonchev–Trinajstić information content (AvgIpc) is 2.46. The summed E-state index contributed by atoms with van der Waals surface area (Å²) in [5.74, 6) is 1.55. The van der Waals surface area contributed by atoms with Crippen LogP contribution in [-0.4, -0.2) is 30.4 Å². The lowest BCUT2D eigenvalue weighted by molar-refractivity contribution is 0.355. The molecule has 0 unspecified atom stereocenters. The number of benzene rings is 1. The van der Waals surface area contributed by atoms with E-state index in [0.717, 1.165) is 5.56 Å². The number of methoxy groups -OCH3 is 2. The van der Waals surface area contributed by atoms with Crippen LogP contribution in [0.1, 0.15) is 11.3 Å². The van der Waals surface area contributed by atoms with Crippen molar-refractivity contribution in [1.82, 2.24) is 9.97 Å². The van der Waals surface area contributed by atoms with Gasteiger partial charge in [-0.15, -0.1) is 0 Å². The second-order valence-corrected chi connectivity index (χ2v) is 4.22. The fraction of sp³-hybridized carbons (Fsp3) is 0.214. The van der Waals surface area contributed by atoms with Gasteiger partial charge < -0.3 is 9.47 Å². The van der Waals surface area contributed by atoms with Crippen LogP contribution in [0.3, 0.4) is 0 Å². The molecule has 0 atom stereocenters. The van der Waals surface area contributed by atoms with Crippen LogP contribution < -0.4 is 20.5 Å². The number of nitrogens with one attached hydrogen (secondary N) is 2. The molecule has 0 saturated carbocycles. The first kappa shape index (κ1) is 14.6. The van der Waals surface area contributed by atoms with E-state index in [1.54, 1.807) is 39.5 Å². The van der Waals surface area contributed by atoms with Crippen LogP contribution in [0.15, 0.2) is 34.2 Å². The molecule has 110 valence electrons. The minimum absolute atomic E-state index is 0.230. The van der Waals surface area contributed by atoms with Crippen molar-refractivity contribution in [2.75, 3.05) is 19.6 Å². The van der Waals surface area contributed by atoms with Gasteiger partial charge in [0.15, 0.2) is 11.5 Å². The maximum Gasteiger partial charge on any atom is 0.252 e. The molecular weight excluding hydrogens is 272 g/mol. The van der Waals surface area contributed by atoms with Crippen LogP contribution in [0, 0.1) is 6.92 Å². The zero-order valence-corrected chi connectivity index (χ0v) is 12.0. The van der Waals surface area contributed by atoms with Crippen LogP contribution in [-0.2, 0) is 0 Å². The molecule has 0 amide bonds. The van der Waals surface area contributed by atoms with Crippen molar-refractivity contribution in [3.8, 4) is 11.5 Å². The molecule has 1 aromatic heterocycles. The monoisotopic (exact) mass is 288 g/mol. The molecule has 7 nitrogen and oxygen atoms in total. The Morgan fingerprint density at radius 2 is 2.00 bits per heavy atom. The fourth-order valence-electron chi connectivity index (χ4n) is 1.73. The molecule has 21 heavy (non-hydrogen) atoms. The van der Waals surface area contributed by atoms with Crippen molar-refractivity contribution in [1.29, 1.82) is 0 Å². The lowest BCUT2D eigenvalue weighted by Crippen LogP contribution is -2.10. The lowest BCUT2D eigenvalue weighted by Gasteiger charge is -2.07. The number of aromatic nitrogens is 2. The Hall–Kier alpha value is -2.83. The molecule has 1 aromatic carbocycles. The van der Waals surface area contributed by atoms with E-state index in [1.165, 1.54) is 6.07 Å². The van der Waals surface area contributed by atoms with Crippen LogP contribution >= 0.6 is 0 Å². The van der Waals surface area contributed by atoms with Gasteiger partial charge in [0, 0.05) is 11.8 Å². The number of anilines is 1. The number of hydrogen-bond acceptors (Lipinski definition) is 6. The number of rotatable bonds is 5. The van der Waals surface area contributed by atoms with Crippen molar-refractivity contribution in [2.45, 2.75) is 6.92 Å². The van der Waals surface area contributed by atoms with E-state index in [-0.39, 0.29) is 11.5 Å². The number of nitrogens with zero attached hydrogens (tertiary/aromatic N) is 2. The summed E-state index contributed by atoms with van der Waals surface area (Å²) in [6, 6.07) is 6.81. The highest BCUT2D eigenvalue weighted by molar-refractivity contribution is 5.81. The summed E-state index contributed by atoms with van der Waals surface area (Å²) in [6.45, 7) is 1.73. The minimum atomic E-state index is -0.230. The topological polar surface area (TPSA) is 88.6 Å². The normalized spacial score (nSPS) is 10.6. The molecular formula is C14H16N4O3. The third-order valence-corrected chi connectivity index (χ3v) is 2.66. The first-order valence-electron chi connectivity index (χ1n) is 6.21. The van der Waals surface area contributed by atoms with Gasteiger partial charge in [-0.1, -0.05) is 0 Å². The van der Waals surface area contributed by atoms with Gasteiger partial charge in [0.1, 0.15) is 0 Å². The maximum atomic E-state index is 11.3. The van der Waals surface area contributed by atoms with Crippen molar-refractivity contribution >= 4 is 12.2 Å². The largest absolute Gasteiger partial charge is 0.493 e. The average molecular weight is 288 g/mol. The fourth-order valence-corrected chi connectivity index (χ4v) is 1.73. The lowest BCUT2D eigenvalue weighted by atomic mass is 10.2. The third-order valence-electron chi connectivity index (χ3n) is 2.66. The highest BCUT2D eigenvalue weighted by Gasteiger charge is 2.03. The van der Waals surface area contributed by atoms with Gasteiger partial charge in [0.25, 0.3) is 5.56 Å². The van der Waals surface area contributed by atoms with Crippen LogP contribution in [0.5, 0.6) is 11.5 Å². The van der Waals surface area contributed by atoms with Gasteiger partial charge in [0.2, 0.25) is 5.95 Å². The zero-order valence-electron chi connectivity index (χ0n) is 12.0. The molecule has 2 rings (SSSR count). The van der Waals surface area contributed by atoms with E-state index in [2.05, 4.69) is 20.5 Å². The smallest absolute Gasteiger partial charge is 0.252 e. The summed E-state index contributed by atoms with van der Waals surface area (Å²) in [6.07, 6.45) is 1.59. The van der Waals surface area contributed by atoms with Crippen molar-refractivity contribution in [2.24, 2.45) is 5.10 Å². The molecule has 2 aromatic rings. The van der Waals surface area contributed by atoms with E-state index in [4.69, 9.17) is 9.47 Å². The summed E-state index contributed by atoms with van der Waals surface area (Å²) in [5, 5.41) is 4.02. The minimum Gasteiger partial charge on any atom is -0.493 e. The maximum absolute atomic E-state index is 11.3. The Morgan fingerprint density at radius 3 is 2.67 bits per heavy atom. The Bertz CT molecular complexity index is 710. The Labute approximate surface area is 121 Å². The molecule has 0 bridgehead atoms. The molecule has 1 heterocycles. The first-order valence-corrected chi connectivity index (χ1v) is 6.21. The summed E-state index contributed by atoms with van der Waals surface area (Å²) >= 11 is 0. The second-order valence-electron chi connectivity index (χ2n) is 4.22. The first-order chi connectivity index (χ1) is 10.1. The van der Waals surface area contributed by atoms with E-state index in [1.807, 2.05) is 6.07 Å². The van der Waals surface area contributed by atoms with E-state index in [0.29, 0.717) is 17.2 Å². The highest BCUT2D eigenvalue weighted by atomic mass is 16.5. The molecule has 0 saturated heterocycles. The molecule has 0 spiro atoms. The van der Waals surface area contributed by atoms with Crippen molar-refractivity contribution in [3.63, 3.8) is 0 Å².